The summed E-state index contributed by atoms with van der Waals surface area (Å²) in [6.45, 7) is 1.53. The molecule has 2 rings (SSSR count). The summed E-state index contributed by atoms with van der Waals surface area (Å²) in [5.41, 5.74) is 6.67. The van der Waals surface area contributed by atoms with E-state index in [1.54, 1.807) is 19.2 Å². The minimum Gasteiger partial charge on any atom is -0.496 e. The first-order valence-corrected chi connectivity index (χ1v) is 9.33. The van der Waals surface area contributed by atoms with Crippen molar-refractivity contribution >= 4 is 46.6 Å². The number of rotatable bonds is 8. The molecule has 0 saturated carbocycles. The highest BCUT2D eigenvalue weighted by Crippen LogP contribution is 2.33. The van der Waals surface area contributed by atoms with Gasteiger partial charge in [0.2, 0.25) is 5.91 Å². The van der Waals surface area contributed by atoms with Gasteiger partial charge in [-0.25, -0.2) is 0 Å². The zero-order chi connectivity index (χ0) is 16.8. The summed E-state index contributed by atoms with van der Waals surface area (Å²) >= 11 is 4.18. The molecule has 0 atom stereocenters. The predicted molar refractivity (Wildman–Crippen MR) is 92.4 cm³/mol. The van der Waals surface area contributed by atoms with Crippen molar-refractivity contribution in [2.75, 3.05) is 12.9 Å². The molecule has 1 amide bonds. The average molecular weight is 369 g/mol. The molecule has 2 N–H and O–H groups in total. The van der Waals surface area contributed by atoms with Crippen molar-refractivity contribution in [2.24, 2.45) is 5.73 Å². The fraction of sp³-hybridized carbons (Fsp3) is 0.286. The first-order valence-electron chi connectivity index (χ1n) is 6.55. The number of nitrogens with zero attached hydrogens (tertiary/aromatic N) is 2. The minimum atomic E-state index is -0.384. The molecule has 1 aromatic carbocycles. The van der Waals surface area contributed by atoms with E-state index < -0.39 is 0 Å². The van der Waals surface area contributed by atoms with Crippen LogP contribution in [0.15, 0.2) is 26.9 Å². The summed E-state index contributed by atoms with van der Waals surface area (Å²) in [5, 5.41) is 8.08. The first kappa shape index (κ1) is 17.8. The molecule has 0 aliphatic heterocycles. The van der Waals surface area contributed by atoms with Gasteiger partial charge in [-0.3, -0.25) is 9.59 Å². The molecular formula is C14H15N3O3S3. The molecule has 0 saturated heterocycles. The van der Waals surface area contributed by atoms with Crippen LogP contribution >= 0.6 is 34.9 Å². The molecular weight excluding hydrogens is 354 g/mol. The maximum atomic E-state index is 11.5. The number of Topliss-reactive ketones (excluding diaryl/α,β-unsaturated/α-hetero) is 1. The van der Waals surface area contributed by atoms with Crippen molar-refractivity contribution in [1.82, 2.24) is 10.2 Å². The Kier molecular flexibility index (Phi) is 6.43. The molecule has 0 radical (unpaired) electrons. The third kappa shape index (κ3) is 5.22. The van der Waals surface area contributed by atoms with Crippen LogP contribution in [0, 0.1) is 0 Å². The lowest BCUT2D eigenvalue weighted by Crippen LogP contribution is -2.12. The Bertz CT molecular complexity index is 718. The van der Waals surface area contributed by atoms with Crippen molar-refractivity contribution < 1.29 is 14.3 Å². The van der Waals surface area contributed by atoms with Crippen molar-refractivity contribution in [2.45, 2.75) is 21.4 Å². The van der Waals surface area contributed by atoms with Gasteiger partial charge in [0.1, 0.15) is 5.75 Å². The molecule has 0 aliphatic carbocycles. The van der Waals surface area contributed by atoms with Gasteiger partial charge in [-0.05, 0) is 25.1 Å². The van der Waals surface area contributed by atoms with E-state index in [4.69, 9.17) is 10.5 Å². The second-order valence-corrected chi connectivity index (χ2v) is 7.88. The molecule has 2 aromatic rings. The van der Waals surface area contributed by atoms with Gasteiger partial charge in [0, 0.05) is 16.9 Å². The van der Waals surface area contributed by atoms with Crippen LogP contribution in [0.25, 0.3) is 0 Å². The molecule has 0 unspecified atom stereocenters. The molecule has 122 valence electrons. The number of hydrogen-bond donors (Lipinski definition) is 1. The fourth-order valence-electron chi connectivity index (χ4n) is 1.70. The monoisotopic (exact) mass is 369 g/mol. The highest BCUT2D eigenvalue weighted by atomic mass is 32.2. The number of nitrogens with two attached hydrogens (primary N) is 1. The number of primary amides is 1. The van der Waals surface area contributed by atoms with E-state index in [0.29, 0.717) is 15.7 Å². The Morgan fingerprint density at radius 2 is 1.96 bits per heavy atom. The predicted octanol–water partition coefficient (Wildman–Crippen LogP) is 2.62. The Balaban J connectivity index is 2.04. The first-order chi connectivity index (χ1) is 11.0. The lowest BCUT2D eigenvalue weighted by Gasteiger charge is -2.08. The van der Waals surface area contributed by atoms with Crippen molar-refractivity contribution in [1.29, 1.82) is 0 Å². The third-order valence-corrected chi connectivity index (χ3v) is 6.02. The second kappa shape index (κ2) is 8.32. The minimum absolute atomic E-state index is 0.0138. The van der Waals surface area contributed by atoms with Gasteiger partial charge in [0.15, 0.2) is 14.5 Å². The summed E-state index contributed by atoms with van der Waals surface area (Å²) < 4.78 is 6.81. The Morgan fingerprint density at radius 3 is 2.57 bits per heavy atom. The van der Waals surface area contributed by atoms with Crippen molar-refractivity contribution in [3.05, 3.63) is 29.3 Å². The van der Waals surface area contributed by atoms with E-state index >= 15 is 0 Å². The van der Waals surface area contributed by atoms with Gasteiger partial charge >= 0.3 is 0 Å². The maximum Gasteiger partial charge on any atom is 0.227 e. The van der Waals surface area contributed by atoms with Crippen LogP contribution in [0.2, 0.25) is 0 Å². The highest BCUT2D eigenvalue weighted by Gasteiger charge is 2.11. The lowest BCUT2D eigenvalue weighted by atomic mass is 10.1. The van der Waals surface area contributed by atoms with Crippen LogP contribution in [0.3, 0.4) is 0 Å². The zero-order valence-corrected chi connectivity index (χ0v) is 15.0. The van der Waals surface area contributed by atoms with E-state index in [0.717, 1.165) is 15.7 Å². The molecule has 0 fully saturated rings. The molecule has 0 bridgehead atoms. The summed E-state index contributed by atoms with van der Waals surface area (Å²) in [7, 11) is 1.60. The number of carbonyl (C=O) groups is 2. The van der Waals surface area contributed by atoms with Crippen LogP contribution < -0.4 is 10.5 Å². The molecule has 0 spiro atoms. The number of ketones is 1. The smallest absolute Gasteiger partial charge is 0.227 e. The topological polar surface area (TPSA) is 95.2 Å². The molecule has 23 heavy (non-hydrogen) atoms. The Labute approximate surface area is 146 Å². The maximum absolute atomic E-state index is 11.5. The molecule has 1 aromatic heterocycles. The van der Waals surface area contributed by atoms with E-state index in [2.05, 4.69) is 10.2 Å². The molecule has 9 heteroatoms. The van der Waals surface area contributed by atoms with Crippen LogP contribution in [-0.2, 0) is 10.5 Å². The zero-order valence-electron chi connectivity index (χ0n) is 12.6. The molecule has 0 aliphatic rings. The Morgan fingerprint density at radius 1 is 1.26 bits per heavy atom. The van der Waals surface area contributed by atoms with Gasteiger partial charge in [0.05, 0.1) is 12.9 Å². The number of carbonyl (C=O) groups excluding carboxylic acids is 2. The SMILES string of the molecule is COc1ccc(C(C)=O)cc1CSc1nnc(SCC(N)=O)s1. The fourth-order valence-corrected chi connectivity index (χ4v) is 4.43. The van der Waals surface area contributed by atoms with Crippen LogP contribution in [-0.4, -0.2) is 34.8 Å². The van der Waals surface area contributed by atoms with E-state index in [-0.39, 0.29) is 17.4 Å². The number of benzene rings is 1. The third-order valence-electron chi connectivity index (χ3n) is 2.76. The van der Waals surface area contributed by atoms with Crippen LogP contribution in [0.5, 0.6) is 5.75 Å². The highest BCUT2D eigenvalue weighted by molar-refractivity contribution is 8.03. The van der Waals surface area contributed by atoms with Gasteiger partial charge < -0.3 is 10.5 Å². The summed E-state index contributed by atoms with van der Waals surface area (Å²) in [5.74, 6) is 1.16. The van der Waals surface area contributed by atoms with Crippen LogP contribution in [0.4, 0.5) is 0 Å². The number of hydrogen-bond acceptors (Lipinski definition) is 8. The van der Waals surface area contributed by atoms with Gasteiger partial charge in [0.25, 0.3) is 0 Å². The van der Waals surface area contributed by atoms with Crippen molar-refractivity contribution in [3.8, 4) is 5.75 Å². The van der Waals surface area contributed by atoms with Gasteiger partial charge in [-0.15, -0.1) is 10.2 Å². The summed E-state index contributed by atoms with van der Waals surface area (Å²) in [6.07, 6.45) is 0. The number of aromatic nitrogens is 2. The van der Waals surface area contributed by atoms with E-state index in [9.17, 15) is 9.59 Å². The normalized spacial score (nSPS) is 10.5. The van der Waals surface area contributed by atoms with Crippen molar-refractivity contribution in [3.63, 3.8) is 0 Å². The number of ether oxygens (including phenoxy) is 1. The molecule has 1 heterocycles. The second-order valence-electron chi connectivity index (χ2n) is 4.46. The summed E-state index contributed by atoms with van der Waals surface area (Å²) in [4.78, 5) is 22.3. The van der Waals surface area contributed by atoms with Gasteiger partial charge in [-0.2, -0.15) is 0 Å². The standard InChI is InChI=1S/C14H15N3O3S3/c1-8(18)9-3-4-11(20-2)10(5-9)6-21-13-16-17-14(23-13)22-7-12(15)19/h3-5H,6-7H2,1-2H3,(H2,15,19). The van der Waals surface area contributed by atoms with Crippen LogP contribution in [0.1, 0.15) is 22.8 Å². The number of amides is 1. The van der Waals surface area contributed by atoms with Gasteiger partial charge in [-0.1, -0.05) is 34.9 Å². The van der Waals surface area contributed by atoms with E-state index in [1.165, 1.54) is 41.8 Å². The Hall–Kier alpha value is -1.58. The number of thioether (sulfide) groups is 2. The van der Waals surface area contributed by atoms with E-state index in [1.807, 2.05) is 6.07 Å². The molecule has 6 nitrogen and oxygen atoms in total. The average Bonchev–Trinajstić information content (AvgIpc) is 2.98. The number of methoxy groups -OCH3 is 1. The lowest BCUT2D eigenvalue weighted by molar-refractivity contribution is -0.115. The quantitative estimate of drug-likeness (QED) is 0.564. The summed E-state index contributed by atoms with van der Waals surface area (Å²) in [6, 6.07) is 5.37. The largest absolute Gasteiger partial charge is 0.496 e.